The van der Waals surface area contributed by atoms with E-state index in [1.165, 1.54) is 27.8 Å². The molecule has 2 aromatic heterocycles. The average Bonchev–Trinajstić information content (AvgIpc) is 3.78. The van der Waals surface area contributed by atoms with Gasteiger partial charge in [0.15, 0.2) is 0 Å². The molecule has 0 saturated carbocycles. The number of hydrogen-bond acceptors (Lipinski definition) is 4. The minimum Gasteiger partial charge on any atom is -0.457 e. The molecule has 0 N–H and O–H groups in total. The summed E-state index contributed by atoms with van der Waals surface area (Å²) in [6, 6.07) is 53.2. The van der Waals surface area contributed by atoms with Crippen LogP contribution in [0.5, 0.6) is 11.5 Å². The van der Waals surface area contributed by atoms with E-state index in [4.69, 9.17) is 9.72 Å². The Hall–Kier alpha value is -6.59. The quantitative estimate of drug-likeness (QED) is 0.145. The lowest BCUT2D eigenvalue weighted by atomic mass is 9.78. The largest absolute Gasteiger partial charge is 0.457 e. The van der Waals surface area contributed by atoms with E-state index in [0.29, 0.717) is 18.2 Å². The molecule has 0 unspecified atom stereocenters. The van der Waals surface area contributed by atoms with Crippen molar-refractivity contribution in [2.24, 2.45) is 0 Å². The van der Waals surface area contributed by atoms with E-state index in [1.807, 2.05) is 34.2 Å². The molecule has 3 heterocycles. The molecule has 0 bridgehead atoms. The summed E-state index contributed by atoms with van der Waals surface area (Å²) in [4.78, 5) is 8.86. The first-order chi connectivity index (χ1) is 30.8. The van der Waals surface area contributed by atoms with Crippen LogP contribution in [0.15, 0.2) is 170 Å². The third kappa shape index (κ3) is 8.02. The minimum absolute atomic E-state index is 0.0913. The third-order valence-electron chi connectivity index (χ3n) is 13.1. The Balaban J connectivity index is 1.14. The highest BCUT2D eigenvalue weighted by Gasteiger charge is 2.29. The first kappa shape index (κ1) is 39.3. The minimum atomic E-state index is -0.409. The van der Waals surface area contributed by atoms with Gasteiger partial charge < -0.3 is 14.5 Å². The van der Waals surface area contributed by atoms with Gasteiger partial charge in [-0.05, 0) is 98.8 Å². The zero-order chi connectivity index (χ0) is 46.1. The Kier molecular flexibility index (Phi) is 9.75. The van der Waals surface area contributed by atoms with Crippen molar-refractivity contribution >= 4 is 33.2 Å². The average molecular weight is 831 g/mol. The Morgan fingerprint density at radius 2 is 1.00 bits per heavy atom. The topological polar surface area (TPSA) is 33.5 Å². The van der Waals surface area contributed by atoms with Crippen LogP contribution in [0.2, 0.25) is 0 Å². The summed E-state index contributed by atoms with van der Waals surface area (Å²) in [5, 5.41) is 2.25. The first-order valence-electron chi connectivity index (χ1n) is 23.1. The molecule has 0 spiro atoms. The van der Waals surface area contributed by atoms with E-state index in [0.717, 1.165) is 44.6 Å². The number of anilines is 2. The maximum atomic E-state index is 9.43. The normalized spacial score (nSPS) is 14.4. The smallest absolute Gasteiger partial charge is 0.137 e. The molecule has 9 rings (SSSR count). The SMILES string of the molecule is [2H]C1=C([2H])N(c2cc(Oc3ccc4c5ccccc5n(-c5cc(C(C)(C)c6ccccc6)ccn5)c4c3)cc(C(C)(C)c3ccccc3)c2)CN1c1cc(C(C)(C)C)cc(C(C)(C)C)c1. The zero-order valence-corrected chi connectivity index (χ0v) is 38.4. The lowest BCUT2D eigenvalue weighted by Gasteiger charge is -2.30. The van der Waals surface area contributed by atoms with Crippen LogP contribution in [0.1, 0.15) is 105 Å². The molecule has 5 nitrogen and oxygen atoms in total. The second-order valence-corrected chi connectivity index (χ2v) is 20.2. The number of pyridine rings is 1. The fourth-order valence-electron chi connectivity index (χ4n) is 8.79. The standard InChI is InChI=1S/C58H60N4O/c1-55(2,3)43-31-44(56(4,5)6)33-46(32-43)60-29-30-61(39-60)47-34-45(58(9,10)41-21-15-12-16-22-41)35-49(37-47)63-48-25-26-51-50-23-17-18-24-52(50)62(53(51)38-48)54-36-42(27-28-59-54)57(7,8)40-19-13-11-14-20-40/h11-38H,39H2,1-10H3/i29D,30D. The van der Waals surface area contributed by atoms with Crippen LogP contribution in [0.3, 0.4) is 0 Å². The van der Waals surface area contributed by atoms with E-state index in [2.05, 4.69) is 207 Å². The molecule has 0 atom stereocenters. The van der Waals surface area contributed by atoms with Gasteiger partial charge in [-0.15, -0.1) is 0 Å². The molecule has 318 valence electrons. The van der Waals surface area contributed by atoms with E-state index < -0.39 is 5.41 Å². The predicted octanol–water partition coefficient (Wildman–Crippen LogP) is 15.0. The number of rotatable bonds is 9. The van der Waals surface area contributed by atoms with Crippen LogP contribution >= 0.6 is 0 Å². The number of ether oxygens (including phenoxy) is 1. The Bertz CT molecular complexity index is 3070. The molecule has 0 radical (unpaired) electrons. The zero-order valence-electron chi connectivity index (χ0n) is 40.4. The van der Waals surface area contributed by atoms with Crippen molar-refractivity contribution in [1.29, 1.82) is 0 Å². The van der Waals surface area contributed by atoms with Gasteiger partial charge in [0.05, 0.1) is 20.4 Å². The molecular weight excluding hydrogens is 769 g/mol. The maximum Gasteiger partial charge on any atom is 0.137 e. The van der Waals surface area contributed by atoms with Crippen molar-refractivity contribution in [3.63, 3.8) is 0 Å². The lowest BCUT2D eigenvalue weighted by molar-refractivity contribution is 0.480. The number of aromatic nitrogens is 2. The van der Waals surface area contributed by atoms with Gasteiger partial charge >= 0.3 is 0 Å². The highest BCUT2D eigenvalue weighted by Crippen LogP contribution is 2.42. The number of nitrogens with zero attached hydrogens (tertiary/aromatic N) is 4. The van der Waals surface area contributed by atoms with Gasteiger partial charge in [-0.3, -0.25) is 4.57 Å². The van der Waals surface area contributed by atoms with Crippen LogP contribution in [0, 0.1) is 0 Å². The number of fused-ring (bicyclic) bond motifs is 3. The van der Waals surface area contributed by atoms with Gasteiger partial charge in [-0.25, -0.2) is 4.98 Å². The summed E-state index contributed by atoms with van der Waals surface area (Å²) >= 11 is 0. The molecule has 0 fully saturated rings. The van der Waals surface area contributed by atoms with Gasteiger partial charge in [0.25, 0.3) is 0 Å². The third-order valence-corrected chi connectivity index (χ3v) is 13.1. The summed E-state index contributed by atoms with van der Waals surface area (Å²) < 4.78 is 28.0. The lowest BCUT2D eigenvalue weighted by Crippen LogP contribution is -2.26. The summed E-state index contributed by atoms with van der Waals surface area (Å²) in [6.07, 6.45) is 2.22. The molecule has 63 heavy (non-hydrogen) atoms. The summed E-state index contributed by atoms with van der Waals surface area (Å²) in [5.74, 6) is 2.17. The van der Waals surface area contributed by atoms with Gasteiger partial charge in [-0.2, -0.15) is 0 Å². The second kappa shape index (κ2) is 15.6. The molecule has 0 amide bonds. The van der Waals surface area contributed by atoms with Crippen molar-refractivity contribution in [2.75, 3.05) is 16.5 Å². The highest BCUT2D eigenvalue weighted by atomic mass is 16.5. The number of para-hydroxylation sites is 1. The van der Waals surface area contributed by atoms with Gasteiger partial charge in [0, 0.05) is 63.7 Å². The second-order valence-electron chi connectivity index (χ2n) is 20.2. The van der Waals surface area contributed by atoms with Crippen LogP contribution in [0.4, 0.5) is 11.4 Å². The number of benzene rings is 6. The molecule has 8 aromatic rings. The predicted molar refractivity (Wildman–Crippen MR) is 265 cm³/mol. The molecule has 1 aliphatic rings. The Morgan fingerprint density at radius 3 is 1.62 bits per heavy atom. The van der Waals surface area contributed by atoms with E-state index in [1.54, 1.807) is 0 Å². The van der Waals surface area contributed by atoms with Crippen LogP contribution in [-0.2, 0) is 21.7 Å². The highest BCUT2D eigenvalue weighted by molar-refractivity contribution is 6.09. The molecule has 0 aliphatic carbocycles. The van der Waals surface area contributed by atoms with Crippen molar-refractivity contribution in [3.8, 4) is 17.3 Å². The number of hydrogen-bond donors (Lipinski definition) is 0. The van der Waals surface area contributed by atoms with E-state index >= 15 is 0 Å². The molecule has 0 saturated heterocycles. The van der Waals surface area contributed by atoms with Gasteiger partial charge in [0.2, 0.25) is 0 Å². The summed E-state index contributed by atoms with van der Waals surface area (Å²) in [5.41, 5.74) is 9.96. The van der Waals surface area contributed by atoms with Crippen LogP contribution in [0.25, 0.3) is 27.6 Å². The fourth-order valence-corrected chi connectivity index (χ4v) is 8.79. The van der Waals surface area contributed by atoms with Crippen molar-refractivity contribution in [1.82, 2.24) is 9.55 Å². The maximum absolute atomic E-state index is 9.43. The molecule has 5 heteroatoms. The molecular formula is C58H60N4O. The van der Waals surface area contributed by atoms with Crippen LogP contribution in [-0.4, -0.2) is 16.2 Å². The van der Waals surface area contributed by atoms with E-state index in [-0.39, 0.29) is 28.6 Å². The fraction of sp³-hybridized carbons (Fsp3) is 0.259. The van der Waals surface area contributed by atoms with E-state index in [9.17, 15) is 2.74 Å². The Morgan fingerprint density at radius 1 is 0.460 bits per heavy atom. The first-order valence-corrected chi connectivity index (χ1v) is 22.1. The van der Waals surface area contributed by atoms with Crippen molar-refractivity contribution < 1.29 is 7.48 Å². The van der Waals surface area contributed by atoms with Crippen molar-refractivity contribution in [2.45, 2.75) is 90.9 Å². The summed E-state index contributed by atoms with van der Waals surface area (Å²) in [7, 11) is 0. The van der Waals surface area contributed by atoms with Gasteiger partial charge in [0.1, 0.15) is 17.3 Å². The van der Waals surface area contributed by atoms with Crippen molar-refractivity contribution in [3.05, 3.63) is 204 Å². The van der Waals surface area contributed by atoms with Crippen LogP contribution < -0.4 is 14.5 Å². The van der Waals surface area contributed by atoms with Gasteiger partial charge in [-0.1, -0.05) is 154 Å². The monoisotopic (exact) mass is 830 g/mol. The Labute approximate surface area is 377 Å². The molecule has 1 aliphatic heterocycles. The summed E-state index contributed by atoms with van der Waals surface area (Å²) in [6.45, 7) is 22.7. The molecule has 6 aromatic carbocycles.